The Morgan fingerprint density at radius 2 is 1.56 bits per heavy atom. The average Bonchev–Trinajstić information content (AvgIpc) is 2.85. The van der Waals surface area contributed by atoms with Crippen molar-refractivity contribution in [3.8, 4) is 0 Å². The summed E-state index contributed by atoms with van der Waals surface area (Å²) in [6, 6.07) is 16.3. The normalized spacial score (nSPS) is 18.8. The van der Waals surface area contributed by atoms with E-state index in [-0.39, 0.29) is 18.4 Å². The Bertz CT molecular complexity index is 1100. The van der Waals surface area contributed by atoms with Gasteiger partial charge in [-0.25, -0.2) is 9.69 Å². The Labute approximate surface area is 216 Å². The van der Waals surface area contributed by atoms with E-state index >= 15 is 0 Å². The summed E-state index contributed by atoms with van der Waals surface area (Å²) >= 11 is 6.01. The fourth-order valence-electron chi connectivity index (χ4n) is 4.01. The van der Waals surface area contributed by atoms with Gasteiger partial charge in [0.2, 0.25) is 5.91 Å². The van der Waals surface area contributed by atoms with Gasteiger partial charge in [-0.1, -0.05) is 29.8 Å². The quantitative estimate of drug-likeness (QED) is 0.417. The van der Waals surface area contributed by atoms with Gasteiger partial charge >= 0.3 is 6.09 Å². The van der Waals surface area contributed by atoms with Crippen LogP contribution in [0.4, 0.5) is 16.2 Å². The lowest BCUT2D eigenvalue weighted by Crippen LogP contribution is -2.40. The molecule has 1 aliphatic carbocycles. The van der Waals surface area contributed by atoms with Crippen molar-refractivity contribution < 1.29 is 32.0 Å². The summed E-state index contributed by atoms with van der Waals surface area (Å²) in [7, 11) is -4.33. The van der Waals surface area contributed by atoms with Gasteiger partial charge in [0.1, 0.15) is 6.61 Å². The highest BCUT2D eigenvalue weighted by atomic mass is 35.5. The molecule has 196 valence electrons. The molecule has 2 aromatic carbocycles. The topological polar surface area (TPSA) is 122 Å². The number of hydrogen-bond acceptors (Lipinski definition) is 6. The summed E-state index contributed by atoms with van der Waals surface area (Å²) in [5.74, 6) is -0.116. The third-order valence-electron chi connectivity index (χ3n) is 6.09. The fraction of sp³-hybridized carbons (Fsp3) is 0.440. The van der Waals surface area contributed by atoms with Gasteiger partial charge < -0.3 is 14.8 Å². The number of hydrogen-bond donors (Lipinski definition) is 2. The maximum absolute atomic E-state index is 13.0. The van der Waals surface area contributed by atoms with Crippen LogP contribution in [0, 0.1) is 11.8 Å². The predicted molar refractivity (Wildman–Crippen MR) is 137 cm³/mol. The minimum absolute atomic E-state index is 0.229. The van der Waals surface area contributed by atoms with Gasteiger partial charge in [0.25, 0.3) is 10.1 Å². The van der Waals surface area contributed by atoms with Crippen LogP contribution in [0.2, 0.25) is 5.02 Å². The third kappa shape index (κ3) is 8.48. The second kappa shape index (κ2) is 13.0. The highest BCUT2D eigenvalue weighted by molar-refractivity contribution is 7.86. The van der Waals surface area contributed by atoms with E-state index in [9.17, 15) is 18.0 Å². The Morgan fingerprint density at radius 3 is 2.14 bits per heavy atom. The summed E-state index contributed by atoms with van der Waals surface area (Å²) in [6.07, 6.45) is 2.99. The maximum Gasteiger partial charge on any atom is 0.418 e. The van der Waals surface area contributed by atoms with Crippen molar-refractivity contribution in [1.29, 1.82) is 0 Å². The number of carbonyl (C=O) groups excluding carboxylic acids is 2. The monoisotopic (exact) mass is 538 g/mol. The smallest absolute Gasteiger partial charge is 0.418 e. The number of nitrogens with zero attached hydrogens (tertiary/aromatic N) is 1. The van der Waals surface area contributed by atoms with E-state index in [1.165, 1.54) is 11.8 Å². The zero-order valence-corrected chi connectivity index (χ0v) is 21.6. The van der Waals surface area contributed by atoms with Crippen molar-refractivity contribution in [1.82, 2.24) is 5.32 Å². The van der Waals surface area contributed by atoms with Crippen LogP contribution in [-0.4, -0.2) is 50.2 Å². The number of rotatable bonds is 10. The summed E-state index contributed by atoms with van der Waals surface area (Å²) in [5, 5.41) is 1.36. The molecule has 1 aliphatic rings. The van der Waals surface area contributed by atoms with Crippen molar-refractivity contribution in [2.24, 2.45) is 11.8 Å². The molecule has 0 radical (unpaired) electrons. The van der Waals surface area contributed by atoms with Crippen LogP contribution in [0.15, 0.2) is 54.6 Å². The molecule has 0 heterocycles. The second-order valence-electron chi connectivity index (χ2n) is 8.85. The summed E-state index contributed by atoms with van der Waals surface area (Å²) in [6.45, 7) is 1.57. The molecule has 1 unspecified atom stereocenters. The Balaban J connectivity index is 1.43. The van der Waals surface area contributed by atoms with Crippen LogP contribution in [0.25, 0.3) is 0 Å². The highest BCUT2D eigenvalue weighted by Gasteiger charge is 2.25. The van der Waals surface area contributed by atoms with Gasteiger partial charge in [0.15, 0.2) is 5.37 Å². The molecule has 1 fully saturated rings. The van der Waals surface area contributed by atoms with Gasteiger partial charge in [0.05, 0.1) is 24.6 Å². The number of benzene rings is 2. The molecule has 11 heteroatoms. The lowest BCUT2D eigenvalue weighted by molar-refractivity contribution is -0.126. The van der Waals surface area contributed by atoms with Crippen molar-refractivity contribution in [2.75, 3.05) is 24.7 Å². The van der Waals surface area contributed by atoms with E-state index in [1.54, 1.807) is 24.3 Å². The van der Waals surface area contributed by atoms with E-state index < -0.39 is 27.5 Å². The molecular weight excluding hydrogens is 508 g/mol. The average molecular weight is 539 g/mol. The van der Waals surface area contributed by atoms with Crippen molar-refractivity contribution in [2.45, 2.75) is 38.0 Å². The number of nitrogens with one attached hydrogen (secondary N) is 1. The SMILES string of the molecule is CC(NC(=O)COCC1CCC(COC(=O)N(c2ccccc2)c2ccc(Cl)cc2)CC1)S(=O)(=O)O. The Kier molecular flexibility index (Phi) is 10.1. The van der Waals surface area contributed by atoms with Gasteiger partial charge in [-0.15, -0.1) is 0 Å². The molecule has 9 nitrogen and oxygen atoms in total. The molecule has 3 rings (SSSR count). The zero-order valence-electron chi connectivity index (χ0n) is 20.0. The van der Waals surface area contributed by atoms with Crippen LogP contribution in [0.5, 0.6) is 0 Å². The first-order valence-corrected chi connectivity index (χ1v) is 13.6. The lowest BCUT2D eigenvalue weighted by atomic mass is 9.83. The van der Waals surface area contributed by atoms with Crippen LogP contribution in [0.3, 0.4) is 0 Å². The Hall–Kier alpha value is -2.66. The first-order chi connectivity index (χ1) is 17.1. The van der Waals surface area contributed by atoms with Gasteiger partial charge in [-0.3, -0.25) is 9.35 Å². The van der Waals surface area contributed by atoms with E-state index in [4.69, 9.17) is 25.6 Å². The number of para-hydroxylation sites is 1. The van der Waals surface area contributed by atoms with Gasteiger partial charge in [-0.2, -0.15) is 8.42 Å². The predicted octanol–water partition coefficient (Wildman–Crippen LogP) is 4.79. The molecule has 0 aromatic heterocycles. The number of halogens is 1. The Morgan fingerprint density at radius 1 is 1.00 bits per heavy atom. The van der Waals surface area contributed by atoms with Crippen LogP contribution in [0.1, 0.15) is 32.6 Å². The molecule has 1 atom stereocenters. The summed E-state index contributed by atoms with van der Waals surface area (Å²) in [4.78, 5) is 26.3. The first kappa shape index (κ1) is 27.9. The van der Waals surface area contributed by atoms with E-state index in [0.29, 0.717) is 29.6 Å². The molecule has 0 bridgehead atoms. The largest absolute Gasteiger partial charge is 0.449 e. The number of amides is 2. The second-order valence-corrected chi connectivity index (χ2v) is 11.0. The third-order valence-corrected chi connectivity index (χ3v) is 7.35. The van der Waals surface area contributed by atoms with Crippen LogP contribution < -0.4 is 10.2 Å². The molecule has 0 spiro atoms. The molecular formula is C25H31ClN2O7S. The number of anilines is 2. The minimum Gasteiger partial charge on any atom is -0.449 e. The van der Waals surface area contributed by atoms with Crippen molar-refractivity contribution >= 4 is 45.1 Å². The maximum atomic E-state index is 13.0. The molecule has 2 N–H and O–H groups in total. The molecule has 1 saturated carbocycles. The van der Waals surface area contributed by atoms with E-state index in [0.717, 1.165) is 25.7 Å². The molecule has 2 aromatic rings. The van der Waals surface area contributed by atoms with E-state index in [1.807, 2.05) is 30.3 Å². The molecule has 0 saturated heterocycles. The molecule has 0 aliphatic heterocycles. The van der Waals surface area contributed by atoms with Gasteiger partial charge in [0, 0.05) is 5.02 Å². The van der Waals surface area contributed by atoms with Crippen molar-refractivity contribution in [3.05, 3.63) is 59.6 Å². The minimum atomic E-state index is -4.33. The molecule has 2 amide bonds. The molecule has 36 heavy (non-hydrogen) atoms. The first-order valence-electron chi connectivity index (χ1n) is 11.7. The van der Waals surface area contributed by atoms with Crippen molar-refractivity contribution in [3.63, 3.8) is 0 Å². The summed E-state index contributed by atoms with van der Waals surface area (Å²) in [5.41, 5.74) is 1.35. The van der Waals surface area contributed by atoms with E-state index in [2.05, 4.69) is 5.32 Å². The van der Waals surface area contributed by atoms with Gasteiger partial charge in [-0.05, 0) is 80.8 Å². The highest BCUT2D eigenvalue weighted by Crippen LogP contribution is 2.31. The number of ether oxygens (including phenoxy) is 2. The summed E-state index contributed by atoms with van der Waals surface area (Å²) < 4.78 is 42.0. The lowest BCUT2D eigenvalue weighted by Gasteiger charge is -2.29. The number of carbonyl (C=O) groups is 2. The van der Waals surface area contributed by atoms with Crippen LogP contribution in [-0.2, 0) is 24.4 Å². The standard InChI is InChI=1S/C25H31ClN2O7S/c1-18(36(31,32)33)27-24(29)17-34-15-19-7-9-20(10-8-19)16-35-25(30)28(22-5-3-2-4-6-22)23-13-11-21(26)12-14-23/h2-6,11-14,18-20H,7-10,15-17H2,1H3,(H,27,29)(H,31,32,33). The fourth-order valence-corrected chi connectivity index (χ4v) is 4.41. The van der Waals surface area contributed by atoms with Crippen LogP contribution >= 0.6 is 11.6 Å². The zero-order chi connectivity index (χ0) is 26.1.